The fraction of sp³-hybridized carbons (Fsp3) is 0.207. The van der Waals surface area contributed by atoms with Gasteiger partial charge >= 0.3 is 5.97 Å². The quantitative estimate of drug-likeness (QED) is 0.312. The second kappa shape index (κ2) is 11.8. The maximum Gasteiger partial charge on any atom is 0.310 e. The highest BCUT2D eigenvalue weighted by atomic mass is 16.5. The monoisotopic (exact) mass is 484 g/mol. The van der Waals surface area contributed by atoms with Gasteiger partial charge in [0.25, 0.3) is 5.91 Å². The van der Waals surface area contributed by atoms with E-state index < -0.39 is 5.97 Å². The van der Waals surface area contributed by atoms with Gasteiger partial charge in [-0.25, -0.2) is 0 Å². The highest BCUT2D eigenvalue weighted by Gasteiger charge is 2.12. The average Bonchev–Trinajstić information content (AvgIpc) is 3.21. The molecule has 0 aliphatic heterocycles. The maximum atomic E-state index is 12.4. The topological polar surface area (TPSA) is 90.7 Å². The van der Waals surface area contributed by atoms with Crippen molar-refractivity contribution in [3.63, 3.8) is 0 Å². The van der Waals surface area contributed by atoms with Gasteiger partial charge in [0.15, 0.2) is 6.61 Å². The molecule has 0 atom stereocenters. The summed E-state index contributed by atoms with van der Waals surface area (Å²) in [5, 5.41) is 6.76. The van der Waals surface area contributed by atoms with Crippen molar-refractivity contribution < 1.29 is 23.6 Å². The summed E-state index contributed by atoms with van der Waals surface area (Å²) in [5.74, 6) is 0.537. The number of rotatable bonds is 10. The van der Waals surface area contributed by atoms with Gasteiger partial charge in [0.05, 0.1) is 17.7 Å². The van der Waals surface area contributed by atoms with Gasteiger partial charge in [-0.15, -0.1) is 0 Å². The Morgan fingerprint density at radius 1 is 0.889 bits per heavy atom. The number of para-hydroxylation sites is 1. The van der Waals surface area contributed by atoms with Gasteiger partial charge in [0, 0.05) is 5.69 Å². The lowest BCUT2D eigenvalue weighted by atomic mass is 10.0. The summed E-state index contributed by atoms with van der Waals surface area (Å²) in [4.78, 5) is 24.7. The van der Waals surface area contributed by atoms with Crippen molar-refractivity contribution in [3.8, 4) is 5.75 Å². The minimum atomic E-state index is -0.480. The van der Waals surface area contributed by atoms with Crippen molar-refractivity contribution in [3.05, 3.63) is 113 Å². The molecular formula is C29H28N2O5. The Hall–Kier alpha value is -4.39. The van der Waals surface area contributed by atoms with E-state index in [2.05, 4.69) is 10.5 Å². The molecule has 4 aromatic rings. The SMILES string of the molecule is Cc1noc(C)c1COc1ccc(CC(=O)OCC(=O)Nc2ccccc2Cc2ccccc2)cc1. The number of hydrogen-bond acceptors (Lipinski definition) is 6. The first-order valence-corrected chi connectivity index (χ1v) is 11.7. The molecule has 184 valence electrons. The number of nitrogens with zero attached hydrogens (tertiary/aromatic N) is 1. The van der Waals surface area contributed by atoms with E-state index in [9.17, 15) is 9.59 Å². The van der Waals surface area contributed by atoms with E-state index in [1.54, 1.807) is 24.3 Å². The van der Waals surface area contributed by atoms with Gasteiger partial charge in [-0.2, -0.15) is 0 Å². The van der Waals surface area contributed by atoms with Crippen LogP contribution in [-0.4, -0.2) is 23.6 Å². The molecule has 1 heterocycles. The van der Waals surface area contributed by atoms with Gasteiger partial charge in [0.1, 0.15) is 18.1 Å². The number of ether oxygens (including phenoxy) is 2. The Morgan fingerprint density at radius 2 is 1.61 bits per heavy atom. The summed E-state index contributed by atoms with van der Waals surface area (Å²) in [7, 11) is 0. The first kappa shape index (κ1) is 24.7. The fourth-order valence-corrected chi connectivity index (χ4v) is 3.73. The van der Waals surface area contributed by atoms with Gasteiger partial charge in [-0.1, -0.05) is 65.8 Å². The van der Waals surface area contributed by atoms with Gasteiger partial charge in [-0.3, -0.25) is 9.59 Å². The Labute approximate surface area is 210 Å². The van der Waals surface area contributed by atoms with Crippen molar-refractivity contribution in [1.29, 1.82) is 0 Å². The van der Waals surface area contributed by atoms with Crippen molar-refractivity contribution >= 4 is 17.6 Å². The lowest BCUT2D eigenvalue weighted by Crippen LogP contribution is -2.22. The van der Waals surface area contributed by atoms with E-state index in [0.717, 1.165) is 33.7 Å². The van der Waals surface area contributed by atoms with Gasteiger partial charge < -0.3 is 19.3 Å². The smallest absolute Gasteiger partial charge is 0.310 e. The van der Waals surface area contributed by atoms with Crippen LogP contribution < -0.4 is 10.1 Å². The van der Waals surface area contributed by atoms with Crippen LogP contribution in [0.25, 0.3) is 0 Å². The first-order valence-electron chi connectivity index (χ1n) is 11.7. The van der Waals surface area contributed by atoms with Crippen LogP contribution in [0.1, 0.15) is 33.7 Å². The molecule has 0 radical (unpaired) electrons. The van der Waals surface area contributed by atoms with Gasteiger partial charge in [-0.05, 0) is 55.2 Å². The number of benzene rings is 3. The lowest BCUT2D eigenvalue weighted by Gasteiger charge is -2.12. The maximum absolute atomic E-state index is 12.4. The molecule has 0 fully saturated rings. The molecule has 7 nitrogen and oxygen atoms in total. The summed E-state index contributed by atoms with van der Waals surface area (Å²) in [6.45, 7) is 3.72. The standard InChI is InChI=1S/C29H28N2O5/c1-20-26(21(2)36-31-20)18-34-25-14-12-23(13-15-25)17-29(33)35-19-28(32)30-27-11-7-6-10-24(27)16-22-8-4-3-5-9-22/h3-15H,16-19H2,1-2H3,(H,30,32). The van der Waals surface area contributed by atoms with E-state index in [4.69, 9.17) is 14.0 Å². The highest BCUT2D eigenvalue weighted by molar-refractivity contribution is 5.93. The molecule has 36 heavy (non-hydrogen) atoms. The van der Waals surface area contributed by atoms with E-state index in [1.807, 2.05) is 68.4 Å². The number of carbonyl (C=O) groups is 2. The third-order valence-corrected chi connectivity index (χ3v) is 5.73. The molecule has 0 saturated carbocycles. The Kier molecular flexibility index (Phi) is 8.13. The van der Waals surface area contributed by atoms with Crippen LogP contribution in [0.15, 0.2) is 83.4 Å². The summed E-state index contributed by atoms with van der Waals surface area (Å²) < 4.78 is 16.1. The van der Waals surface area contributed by atoms with Crippen molar-refractivity contribution in [2.24, 2.45) is 0 Å². The molecular weight excluding hydrogens is 456 g/mol. The van der Waals surface area contributed by atoms with E-state index in [-0.39, 0.29) is 18.9 Å². The van der Waals surface area contributed by atoms with Crippen LogP contribution in [0.4, 0.5) is 5.69 Å². The minimum absolute atomic E-state index is 0.0576. The molecule has 1 amide bonds. The van der Waals surface area contributed by atoms with Gasteiger partial charge in [0.2, 0.25) is 0 Å². The number of nitrogens with one attached hydrogen (secondary N) is 1. The number of amides is 1. The molecule has 4 rings (SSSR count). The molecule has 1 aromatic heterocycles. The predicted molar refractivity (Wildman–Crippen MR) is 136 cm³/mol. The summed E-state index contributed by atoms with van der Waals surface area (Å²) >= 11 is 0. The zero-order chi connectivity index (χ0) is 25.3. The lowest BCUT2D eigenvalue weighted by molar-refractivity contribution is -0.146. The second-order valence-corrected chi connectivity index (χ2v) is 8.44. The van der Waals surface area contributed by atoms with Crippen LogP contribution >= 0.6 is 0 Å². The normalized spacial score (nSPS) is 10.6. The predicted octanol–water partition coefficient (Wildman–Crippen LogP) is 5.19. The fourth-order valence-electron chi connectivity index (χ4n) is 3.73. The number of hydrogen-bond donors (Lipinski definition) is 1. The number of aromatic nitrogens is 1. The Morgan fingerprint density at radius 3 is 2.33 bits per heavy atom. The molecule has 0 aliphatic rings. The van der Waals surface area contributed by atoms with Crippen molar-refractivity contribution in [2.75, 3.05) is 11.9 Å². The van der Waals surface area contributed by atoms with Crippen LogP contribution in [0.5, 0.6) is 5.75 Å². The van der Waals surface area contributed by atoms with Crippen LogP contribution in [0.2, 0.25) is 0 Å². The molecule has 0 spiro atoms. The molecule has 0 unspecified atom stereocenters. The van der Waals surface area contributed by atoms with Crippen LogP contribution in [0.3, 0.4) is 0 Å². The molecule has 3 aromatic carbocycles. The number of aryl methyl sites for hydroxylation is 2. The zero-order valence-electron chi connectivity index (χ0n) is 20.3. The van der Waals surface area contributed by atoms with E-state index in [1.165, 1.54) is 0 Å². The number of carbonyl (C=O) groups excluding carboxylic acids is 2. The molecule has 0 aliphatic carbocycles. The summed E-state index contributed by atoms with van der Waals surface area (Å²) in [5.41, 5.74) is 5.32. The Balaban J connectivity index is 1.24. The molecule has 0 saturated heterocycles. The molecule has 7 heteroatoms. The van der Waals surface area contributed by atoms with E-state index >= 15 is 0 Å². The van der Waals surface area contributed by atoms with E-state index in [0.29, 0.717) is 24.5 Å². The summed E-state index contributed by atoms with van der Waals surface area (Å²) in [6, 6.07) is 24.8. The van der Waals surface area contributed by atoms with Crippen molar-refractivity contribution in [2.45, 2.75) is 33.3 Å². The van der Waals surface area contributed by atoms with Crippen LogP contribution in [-0.2, 0) is 33.8 Å². The number of esters is 1. The molecule has 1 N–H and O–H groups in total. The minimum Gasteiger partial charge on any atom is -0.489 e. The van der Waals surface area contributed by atoms with Crippen LogP contribution in [0, 0.1) is 13.8 Å². The Bertz CT molecular complexity index is 1290. The largest absolute Gasteiger partial charge is 0.489 e. The third kappa shape index (κ3) is 6.82. The summed E-state index contributed by atoms with van der Waals surface area (Å²) in [6.07, 6.45) is 0.747. The molecule has 0 bridgehead atoms. The first-order chi connectivity index (χ1) is 17.5. The number of anilines is 1. The zero-order valence-corrected chi connectivity index (χ0v) is 20.3. The third-order valence-electron chi connectivity index (χ3n) is 5.73. The average molecular weight is 485 g/mol. The second-order valence-electron chi connectivity index (χ2n) is 8.44. The highest BCUT2D eigenvalue weighted by Crippen LogP contribution is 2.20. The van der Waals surface area contributed by atoms with Crippen molar-refractivity contribution in [1.82, 2.24) is 5.16 Å².